The van der Waals surface area contributed by atoms with Crippen LogP contribution in [0, 0.1) is 0 Å². The molecule has 3 aromatic heterocycles. The van der Waals surface area contributed by atoms with Crippen molar-refractivity contribution in [2.24, 2.45) is 5.73 Å². The molecular formula is C50H34N4. The van der Waals surface area contributed by atoms with Crippen molar-refractivity contribution in [3.8, 4) is 33.8 Å². The molecule has 0 radical (unpaired) electrons. The predicted molar refractivity (Wildman–Crippen MR) is 227 cm³/mol. The predicted octanol–water partition coefficient (Wildman–Crippen LogP) is 12.5. The second kappa shape index (κ2) is 11.7. The summed E-state index contributed by atoms with van der Waals surface area (Å²) in [6.45, 7) is 2.16. The van der Waals surface area contributed by atoms with Crippen LogP contribution >= 0.6 is 0 Å². The van der Waals surface area contributed by atoms with E-state index in [1.54, 1.807) is 6.20 Å². The van der Waals surface area contributed by atoms with Gasteiger partial charge in [-0.25, -0.2) is 4.98 Å². The van der Waals surface area contributed by atoms with E-state index in [9.17, 15) is 0 Å². The van der Waals surface area contributed by atoms with Crippen molar-refractivity contribution in [1.82, 2.24) is 14.1 Å². The molecule has 3 heterocycles. The van der Waals surface area contributed by atoms with E-state index in [0.717, 1.165) is 39.4 Å². The van der Waals surface area contributed by atoms with Crippen LogP contribution in [0.15, 0.2) is 176 Å². The molecule has 4 heteroatoms. The standard InChI is InChI=1S/C50H34N4/c1-31-38-17-10-11-35-29-44(52-50(49(35)38)39(31)25-26-51)34-19-22-41-43-28-33(21-24-47(43)54(48(41)30-34)37-14-6-3-7-15-37)32-20-23-46-42(27-32)40-16-8-9-18-45(40)53(46)36-12-4-2-5-13-36/h2-30H,51H2,1H3/b26-25-. The summed E-state index contributed by atoms with van der Waals surface area (Å²) in [5.41, 5.74) is 21.9. The average Bonchev–Trinajstić information content (AvgIpc) is 3.83. The fraction of sp³-hybridized carbons (Fsp3) is 0.0200. The van der Waals surface area contributed by atoms with Gasteiger partial charge in [-0.2, -0.15) is 0 Å². The van der Waals surface area contributed by atoms with Gasteiger partial charge < -0.3 is 14.9 Å². The Balaban J connectivity index is 1.10. The highest BCUT2D eigenvalue weighted by Crippen LogP contribution is 2.44. The van der Waals surface area contributed by atoms with Crippen molar-refractivity contribution < 1.29 is 0 Å². The fourth-order valence-corrected chi connectivity index (χ4v) is 8.81. The topological polar surface area (TPSA) is 48.8 Å². The summed E-state index contributed by atoms with van der Waals surface area (Å²) < 4.78 is 4.76. The van der Waals surface area contributed by atoms with E-state index >= 15 is 0 Å². The molecule has 7 aromatic carbocycles. The number of rotatable bonds is 5. The summed E-state index contributed by atoms with van der Waals surface area (Å²) in [6, 6.07) is 59.4. The van der Waals surface area contributed by atoms with Crippen LogP contribution < -0.4 is 5.73 Å². The third kappa shape index (κ3) is 4.40. The second-order valence-corrected chi connectivity index (χ2v) is 14.2. The molecule has 0 bridgehead atoms. The zero-order valence-corrected chi connectivity index (χ0v) is 29.7. The summed E-state index contributed by atoms with van der Waals surface area (Å²) in [6.07, 6.45) is 3.60. The molecule has 2 N–H and O–H groups in total. The SMILES string of the molecule is CC1=C(/C=C\N)c2nc(-c3ccc4c5cc(-c6ccc7c(c6)c6ccccc6n7-c6ccccc6)ccc5n(-c5ccccc5)c4c3)cc3cccc1c23. The van der Waals surface area contributed by atoms with E-state index in [2.05, 4.69) is 180 Å². The molecule has 10 aromatic rings. The molecular weight excluding hydrogens is 657 g/mol. The highest BCUT2D eigenvalue weighted by Gasteiger charge is 2.23. The van der Waals surface area contributed by atoms with Gasteiger partial charge in [-0.05, 0) is 114 Å². The van der Waals surface area contributed by atoms with Gasteiger partial charge in [0.25, 0.3) is 0 Å². The Morgan fingerprint density at radius 1 is 0.500 bits per heavy atom. The normalized spacial score (nSPS) is 12.8. The third-order valence-electron chi connectivity index (χ3n) is 11.3. The molecule has 0 unspecified atom stereocenters. The Labute approximate surface area is 312 Å². The molecule has 54 heavy (non-hydrogen) atoms. The molecule has 11 rings (SSSR count). The van der Waals surface area contributed by atoms with Crippen molar-refractivity contribution in [2.75, 3.05) is 0 Å². The van der Waals surface area contributed by atoms with Crippen molar-refractivity contribution in [3.05, 3.63) is 187 Å². The Kier molecular flexibility index (Phi) is 6.58. The van der Waals surface area contributed by atoms with Crippen LogP contribution in [0.5, 0.6) is 0 Å². The summed E-state index contributed by atoms with van der Waals surface area (Å²) >= 11 is 0. The maximum absolute atomic E-state index is 5.92. The number of allylic oxidation sites excluding steroid dienone is 3. The lowest BCUT2D eigenvalue weighted by Crippen LogP contribution is -1.95. The molecule has 0 atom stereocenters. The minimum Gasteiger partial charge on any atom is -0.405 e. The van der Waals surface area contributed by atoms with E-state index in [1.165, 1.54) is 71.1 Å². The summed E-state index contributed by atoms with van der Waals surface area (Å²) in [7, 11) is 0. The van der Waals surface area contributed by atoms with Crippen molar-refractivity contribution in [3.63, 3.8) is 0 Å². The highest BCUT2D eigenvalue weighted by atomic mass is 15.0. The van der Waals surface area contributed by atoms with Gasteiger partial charge >= 0.3 is 0 Å². The minimum absolute atomic E-state index is 0.947. The Morgan fingerprint density at radius 2 is 1.09 bits per heavy atom. The van der Waals surface area contributed by atoms with Gasteiger partial charge in [-0.3, -0.25) is 0 Å². The Hall–Kier alpha value is -7.17. The van der Waals surface area contributed by atoms with Crippen molar-refractivity contribution >= 4 is 65.5 Å². The van der Waals surface area contributed by atoms with Gasteiger partial charge in [0.15, 0.2) is 0 Å². The molecule has 0 amide bonds. The monoisotopic (exact) mass is 690 g/mol. The van der Waals surface area contributed by atoms with Crippen LogP contribution in [0.2, 0.25) is 0 Å². The lowest BCUT2D eigenvalue weighted by atomic mass is 9.99. The molecule has 0 aliphatic heterocycles. The summed E-state index contributed by atoms with van der Waals surface area (Å²) in [5.74, 6) is 0. The van der Waals surface area contributed by atoms with Crippen LogP contribution in [-0.4, -0.2) is 14.1 Å². The molecule has 0 fully saturated rings. The fourth-order valence-electron chi connectivity index (χ4n) is 8.81. The number of hydrogen-bond acceptors (Lipinski definition) is 2. The number of pyridine rings is 1. The maximum Gasteiger partial charge on any atom is 0.0797 e. The molecule has 0 saturated carbocycles. The minimum atomic E-state index is 0.947. The zero-order valence-electron chi connectivity index (χ0n) is 29.7. The lowest BCUT2D eigenvalue weighted by molar-refractivity contribution is 1.18. The van der Waals surface area contributed by atoms with Gasteiger partial charge in [0.2, 0.25) is 0 Å². The Bertz CT molecular complexity index is 3210. The number of nitrogens with zero attached hydrogens (tertiary/aromatic N) is 3. The van der Waals surface area contributed by atoms with Crippen LogP contribution in [0.1, 0.15) is 18.2 Å². The summed E-state index contributed by atoms with van der Waals surface area (Å²) in [4.78, 5) is 5.30. The van der Waals surface area contributed by atoms with E-state index in [4.69, 9.17) is 10.7 Å². The van der Waals surface area contributed by atoms with Crippen molar-refractivity contribution in [1.29, 1.82) is 0 Å². The van der Waals surface area contributed by atoms with Gasteiger partial charge in [0.1, 0.15) is 0 Å². The highest BCUT2D eigenvalue weighted by molar-refractivity contribution is 6.16. The lowest BCUT2D eigenvalue weighted by Gasteiger charge is -2.10. The third-order valence-corrected chi connectivity index (χ3v) is 11.3. The number of fused-ring (bicyclic) bond motifs is 6. The smallest absolute Gasteiger partial charge is 0.0797 e. The van der Waals surface area contributed by atoms with Crippen LogP contribution in [-0.2, 0) is 0 Å². The molecule has 4 nitrogen and oxygen atoms in total. The first-order valence-corrected chi connectivity index (χ1v) is 18.4. The molecule has 1 aliphatic rings. The average molecular weight is 691 g/mol. The van der Waals surface area contributed by atoms with E-state index in [-0.39, 0.29) is 0 Å². The van der Waals surface area contributed by atoms with E-state index < -0.39 is 0 Å². The largest absolute Gasteiger partial charge is 0.405 e. The molecule has 0 saturated heterocycles. The number of para-hydroxylation sites is 3. The van der Waals surface area contributed by atoms with Crippen molar-refractivity contribution in [2.45, 2.75) is 6.92 Å². The summed E-state index contributed by atoms with van der Waals surface area (Å²) in [5, 5.41) is 7.30. The molecule has 254 valence electrons. The first-order valence-electron chi connectivity index (χ1n) is 18.4. The second-order valence-electron chi connectivity index (χ2n) is 14.2. The Morgan fingerprint density at radius 3 is 1.78 bits per heavy atom. The molecule has 0 spiro atoms. The number of aromatic nitrogens is 3. The quantitative estimate of drug-likeness (QED) is 0.195. The molecule has 1 aliphatic carbocycles. The van der Waals surface area contributed by atoms with Gasteiger partial charge in [-0.1, -0.05) is 97.1 Å². The van der Waals surface area contributed by atoms with E-state index in [0.29, 0.717) is 0 Å². The van der Waals surface area contributed by atoms with Gasteiger partial charge in [0, 0.05) is 49.4 Å². The van der Waals surface area contributed by atoms with E-state index in [1.807, 2.05) is 6.08 Å². The number of hydrogen-bond donors (Lipinski definition) is 1. The van der Waals surface area contributed by atoms with Gasteiger partial charge in [-0.15, -0.1) is 0 Å². The number of benzene rings is 7. The first kappa shape index (κ1) is 30.5. The number of nitrogens with two attached hydrogens (primary N) is 1. The van der Waals surface area contributed by atoms with Crippen LogP contribution in [0.3, 0.4) is 0 Å². The van der Waals surface area contributed by atoms with Gasteiger partial charge in [0.05, 0.1) is 33.5 Å². The first-order chi connectivity index (χ1) is 26.7. The van der Waals surface area contributed by atoms with Crippen LogP contribution in [0.25, 0.3) is 99.3 Å². The van der Waals surface area contributed by atoms with Crippen LogP contribution in [0.4, 0.5) is 0 Å². The maximum atomic E-state index is 5.92. The zero-order chi connectivity index (χ0) is 35.9.